The van der Waals surface area contributed by atoms with Crippen molar-refractivity contribution in [2.24, 2.45) is 5.73 Å². The van der Waals surface area contributed by atoms with Crippen LogP contribution in [0.15, 0.2) is 35.3 Å². The van der Waals surface area contributed by atoms with Gasteiger partial charge in [-0.15, -0.1) is 0 Å². The Morgan fingerprint density at radius 1 is 1.10 bits per heavy atom. The summed E-state index contributed by atoms with van der Waals surface area (Å²) in [6.07, 6.45) is 1.84. The molecule has 3 nitrogen and oxygen atoms in total. The van der Waals surface area contributed by atoms with Gasteiger partial charge in [0.2, 0.25) is 0 Å². The van der Waals surface area contributed by atoms with Crippen LogP contribution in [0.2, 0.25) is 0 Å². The predicted molar refractivity (Wildman–Crippen MR) is 85.2 cm³/mol. The molecule has 1 aromatic carbocycles. The van der Waals surface area contributed by atoms with Gasteiger partial charge in [-0.05, 0) is 42.3 Å². The molecule has 20 heavy (non-hydrogen) atoms. The molecule has 0 aliphatic carbocycles. The van der Waals surface area contributed by atoms with Crippen LogP contribution in [0, 0.1) is 0 Å². The smallest absolute Gasteiger partial charge is 0.258 e. The third-order valence-electron chi connectivity index (χ3n) is 3.42. The van der Waals surface area contributed by atoms with Crippen molar-refractivity contribution in [3.63, 3.8) is 0 Å². The number of hydrogen-bond acceptors (Lipinski definition) is 2. The molecule has 2 rings (SSSR count). The summed E-state index contributed by atoms with van der Waals surface area (Å²) in [5, 5.41) is 1.75. The molecule has 0 radical (unpaired) electrons. The van der Waals surface area contributed by atoms with E-state index in [0.29, 0.717) is 6.54 Å². The van der Waals surface area contributed by atoms with Gasteiger partial charge in [0.15, 0.2) is 0 Å². The highest BCUT2D eigenvalue weighted by atomic mass is 16.1. The van der Waals surface area contributed by atoms with Gasteiger partial charge in [0.1, 0.15) is 0 Å². The van der Waals surface area contributed by atoms with Gasteiger partial charge < -0.3 is 10.3 Å². The Morgan fingerprint density at radius 3 is 2.30 bits per heavy atom. The monoisotopic (exact) mass is 272 g/mol. The molecule has 1 heterocycles. The fraction of sp³-hybridized carbons (Fsp3) is 0.471. The molecule has 1 aromatic heterocycles. The molecule has 0 spiro atoms. The molecule has 0 saturated carbocycles. The molecule has 0 unspecified atom stereocenters. The SMILES string of the molecule is CC(C)(N)Cn1ccc2cc(C(C)(C)C)ccc2c1=O. The molecule has 0 atom stereocenters. The van der Waals surface area contributed by atoms with E-state index in [0.717, 1.165) is 10.8 Å². The Morgan fingerprint density at radius 2 is 1.75 bits per heavy atom. The Balaban J connectivity index is 2.56. The molecular formula is C17H24N2O. The van der Waals surface area contributed by atoms with Gasteiger partial charge in [-0.3, -0.25) is 4.79 Å². The van der Waals surface area contributed by atoms with Crippen LogP contribution in [0.3, 0.4) is 0 Å². The molecule has 3 heteroatoms. The molecular weight excluding hydrogens is 248 g/mol. The lowest BCUT2D eigenvalue weighted by Gasteiger charge is -2.21. The molecule has 2 aromatic rings. The van der Waals surface area contributed by atoms with Crippen LogP contribution >= 0.6 is 0 Å². The first-order chi connectivity index (χ1) is 9.08. The molecule has 0 amide bonds. The first-order valence-corrected chi connectivity index (χ1v) is 7.00. The summed E-state index contributed by atoms with van der Waals surface area (Å²) in [4.78, 5) is 12.5. The predicted octanol–water partition coefficient (Wildman–Crippen LogP) is 3.04. The van der Waals surface area contributed by atoms with Crippen molar-refractivity contribution in [2.75, 3.05) is 0 Å². The van der Waals surface area contributed by atoms with Crippen LogP contribution in [0.1, 0.15) is 40.2 Å². The average molecular weight is 272 g/mol. The Kier molecular flexibility index (Phi) is 3.51. The van der Waals surface area contributed by atoms with Gasteiger partial charge in [0.05, 0.1) is 0 Å². The van der Waals surface area contributed by atoms with Gasteiger partial charge >= 0.3 is 0 Å². The number of fused-ring (bicyclic) bond motifs is 1. The van der Waals surface area contributed by atoms with Gasteiger partial charge in [-0.25, -0.2) is 0 Å². The third kappa shape index (κ3) is 3.10. The zero-order valence-electron chi connectivity index (χ0n) is 13.0. The second kappa shape index (κ2) is 4.74. The minimum absolute atomic E-state index is 0.0292. The summed E-state index contributed by atoms with van der Waals surface area (Å²) in [5.74, 6) is 0. The van der Waals surface area contributed by atoms with Crippen molar-refractivity contribution in [3.8, 4) is 0 Å². The van der Waals surface area contributed by atoms with E-state index < -0.39 is 5.54 Å². The van der Waals surface area contributed by atoms with Crippen LogP contribution < -0.4 is 11.3 Å². The van der Waals surface area contributed by atoms with E-state index in [1.807, 2.05) is 38.2 Å². The minimum Gasteiger partial charge on any atom is -0.324 e. The molecule has 0 aliphatic rings. The van der Waals surface area contributed by atoms with E-state index in [4.69, 9.17) is 5.73 Å². The van der Waals surface area contributed by atoms with E-state index in [1.165, 1.54) is 5.56 Å². The standard InChI is InChI=1S/C17H24N2O/c1-16(2,3)13-6-7-14-12(10-13)8-9-19(15(14)20)11-17(4,5)18/h6-10H,11,18H2,1-5H3. The van der Waals surface area contributed by atoms with Crippen LogP contribution in [0.5, 0.6) is 0 Å². The van der Waals surface area contributed by atoms with Gasteiger partial charge in [-0.2, -0.15) is 0 Å². The van der Waals surface area contributed by atoms with Crippen molar-refractivity contribution in [3.05, 3.63) is 46.4 Å². The first-order valence-electron chi connectivity index (χ1n) is 7.00. The number of nitrogens with zero attached hydrogens (tertiary/aromatic N) is 1. The van der Waals surface area contributed by atoms with E-state index in [-0.39, 0.29) is 11.0 Å². The van der Waals surface area contributed by atoms with Gasteiger partial charge in [0.25, 0.3) is 5.56 Å². The molecule has 0 saturated heterocycles. The molecule has 108 valence electrons. The maximum absolute atomic E-state index is 12.5. The Bertz CT molecular complexity index is 685. The number of benzene rings is 1. The van der Waals surface area contributed by atoms with Crippen molar-refractivity contribution >= 4 is 10.8 Å². The summed E-state index contributed by atoms with van der Waals surface area (Å²) < 4.78 is 1.69. The van der Waals surface area contributed by atoms with Crippen LogP contribution in [0.4, 0.5) is 0 Å². The number of hydrogen-bond donors (Lipinski definition) is 1. The fourth-order valence-electron chi connectivity index (χ4n) is 2.32. The maximum Gasteiger partial charge on any atom is 0.258 e. The van der Waals surface area contributed by atoms with Crippen molar-refractivity contribution in [1.82, 2.24) is 4.57 Å². The molecule has 0 bridgehead atoms. The van der Waals surface area contributed by atoms with Crippen molar-refractivity contribution in [1.29, 1.82) is 0 Å². The highest BCUT2D eigenvalue weighted by Gasteiger charge is 2.16. The zero-order chi connectivity index (χ0) is 15.1. The lowest BCUT2D eigenvalue weighted by Crippen LogP contribution is -2.40. The average Bonchev–Trinajstić information content (AvgIpc) is 2.30. The summed E-state index contributed by atoms with van der Waals surface area (Å²) in [7, 11) is 0. The van der Waals surface area contributed by atoms with E-state index in [1.54, 1.807) is 4.57 Å². The minimum atomic E-state index is -0.400. The maximum atomic E-state index is 12.5. The Hall–Kier alpha value is -1.61. The number of nitrogens with two attached hydrogens (primary N) is 1. The normalized spacial score (nSPS) is 12.9. The lowest BCUT2D eigenvalue weighted by atomic mass is 9.86. The Labute approximate surface area is 120 Å². The topological polar surface area (TPSA) is 48.0 Å². The quantitative estimate of drug-likeness (QED) is 0.913. The second-order valence-electron chi connectivity index (χ2n) is 7.29. The van der Waals surface area contributed by atoms with Crippen molar-refractivity contribution in [2.45, 2.75) is 52.1 Å². The highest BCUT2D eigenvalue weighted by Crippen LogP contribution is 2.24. The van der Waals surface area contributed by atoms with Gasteiger partial charge in [-0.1, -0.05) is 32.9 Å². The molecule has 0 fully saturated rings. The summed E-state index contributed by atoms with van der Waals surface area (Å²) in [6.45, 7) is 10.9. The summed E-state index contributed by atoms with van der Waals surface area (Å²) >= 11 is 0. The fourth-order valence-corrected chi connectivity index (χ4v) is 2.32. The van der Waals surface area contributed by atoms with Crippen LogP contribution in [-0.2, 0) is 12.0 Å². The number of aromatic nitrogens is 1. The number of pyridine rings is 1. The zero-order valence-corrected chi connectivity index (χ0v) is 13.0. The van der Waals surface area contributed by atoms with E-state index >= 15 is 0 Å². The van der Waals surface area contributed by atoms with Gasteiger partial charge in [0, 0.05) is 23.7 Å². The summed E-state index contributed by atoms with van der Waals surface area (Å²) in [6, 6.07) is 8.08. The number of rotatable bonds is 2. The highest BCUT2D eigenvalue weighted by molar-refractivity contribution is 5.82. The van der Waals surface area contributed by atoms with E-state index in [2.05, 4.69) is 26.8 Å². The largest absolute Gasteiger partial charge is 0.324 e. The second-order valence-corrected chi connectivity index (χ2v) is 7.29. The van der Waals surface area contributed by atoms with Crippen molar-refractivity contribution < 1.29 is 0 Å². The van der Waals surface area contributed by atoms with Crippen LogP contribution in [-0.4, -0.2) is 10.1 Å². The third-order valence-corrected chi connectivity index (χ3v) is 3.42. The van der Waals surface area contributed by atoms with Crippen LogP contribution in [0.25, 0.3) is 10.8 Å². The molecule has 2 N–H and O–H groups in total. The molecule has 0 aliphatic heterocycles. The first kappa shape index (κ1) is 14.8. The lowest BCUT2D eigenvalue weighted by molar-refractivity contribution is 0.428. The summed E-state index contributed by atoms with van der Waals surface area (Å²) in [5.41, 5.74) is 6.95. The van der Waals surface area contributed by atoms with E-state index in [9.17, 15) is 4.79 Å².